The minimum absolute atomic E-state index is 0.113. The Kier molecular flexibility index (Phi) is 4.69. The van der Waals surface area contributed by atoms with Gasteiger partial charge in [-0.1, -0.05) is 20.8 Å². The Bertz CT molecular complexity index is 1090. The topological polar surface area (TPSA) is 110 Å². The number of nitrogens with zero attached hydrogens (tertiary/aromatic N) is 2. The summed E-state index contributed by atoms with van der Waals surface area (Å²) in [5.74, 6) is 0.640. The van der Waals surface area contributed by atoms with Crippen molar-refractivity contribution in [3.63, 3.8) is 0 Å². The summed E-state index contributed by atoms with van der Waals surface area (Å²) < 4.78 is 25.1. The molecule has 0 spiro atoms. The van der Waals surface area contributed by atoms with Gasteiger partial charge in [-0.3, -0.25) is 4.72 Å². The summed E-state index contributed by atoms with van der Waals surface area (Å²) in [5.41, 5.74) is 9.82. The van der Waals surface area contributed by atoms with Crippen molar-refractivity contribution < 1.29 is 8.42 Å². The normalized spacial score (nSPS) is 12.1. The molecule has 4 N–H and O–H groups in total. The van der Waals surface area contributed by atoms with Crippen LogP contribution in [-0.4, -0.2) is 24.6 Å². The van der Waals surface area contributed by atoms with Gasteiger partial charge in [-0.15, -0.1) is 0 Å². The molecule has 0 aliphatic carbocycles. The molecule has 0 unspecified atom stereocenters. The molecule has 0 amide bonds. The third-order valence-electron chi connectivity index (χ3n) is 4.02. The number of anilines is 4. The third-order valence-corrected chi connectivity index (χ3v) is 4.63. The van der Waals surface area contributed by atoms with Crippen LogP contribution in [0.3, 0.4) is 0 Å². The Balaban J connectivity index is 1.99. The molecule has 7 nitrogen and oxygen atoms in total. The number of nitrogens with two attached hydrogens (primary N) is 1. The number of benzene rings is 2. The highest BCUT2D eigenvalue weighted by molar-refractivity contribution is 7.92. The lowest BCUT2D eigenvalue weighted by Gasteiger charge is -2.22. The predicted molar refractivity (Wildman–Crippen MR) is 111 cm³/mol. The number of hydrogen-bond acceptors (Lipinski definition) is 6. The fraction of sp³-hybridized carbons (Fsp3) is 0.263. The van der Waals surface area contributed by atoms with Crippen molar-refractivity contribution in [1.82, 2.24) is 9.97 Å². The highest BCUT2D eigenvalue weighted by Crippen LogP contribution is 2.34. The van der Waals surface area contributed by atoms with Crippen LogP contribution in [0.15, 0.2) is 42.7 Å². The molecule has 0 saturated carbocycles. The van der Waals surface area contributed by atoms with Crippen LogP contribution in [0, 0.1) is 0 Å². The lowest BCUT2D eigenvalue weighted by Crippen LogP contribution is -2.13. The van der Waals surface area contributed by atoms with Crippen LogP contribution in [0.25, 0.3) is 10.9 Å². The van der Waals surface area contributed by atoms with Crippen LogP contribution >= 0.6 is 0 Å². The Morgan fingerprint density at radius 3 is 2.22 bits per heavy atom. The molecule has 0 saturated heterocycles. The molecular weight excluding hydrogens is 362 g/mol. The number of sulfonamides is 1. The third kappa shape index (κ3) is 4.46. The van der Waals surface area contributed by atoms with E-state index in [1.54, 1.807) is 24.3 Å². The number of rotatable bonds is 4. The van der Waals surface area contributed by atoms with E-state index in [-0.39, 0.29) is 5.41 Å². The molecule has 8 heteroatoms. The van der Waals surface area contributed by atoms with E-state index < -0.39 is 10.0 Å². The first-order valence-electron chi connectivity index (χ1n) is 8.42. The van der Waals surface area contributed by atoms with Crippen molar-refractivity contribution in [2.45, 2.75) is 26.2 Å². The Morgan fingerprint density at radius 2 is 1.63 bits per heavy atom. The summed E-state index contributed by atoms with van der Waals surface area (Å²) in [6.45, 7) is 6.35. The fourth-order valence-corrected chi connectivity index (χ4v) is 3.40. The molecule has 3 aromatic rings. The number of nitrogen functional groups attached to an aromatic ring is 1. The number of aromatic nitrogens is 2. The lowest BCUT2D eigenvalue weighted by molar-refractivity contribution is 0.595. The van der Waals surface area contributed by atoms with Crippen LogP contribution in [-0.2, 0) is 15.4 Å². The fourth-order valence-electron chi connectivity index (χ4n) is 2.83. The van der Waals surface area contributed by atoms with Crippen LogP contribution < -0.4 is 15.8 Å². The first kappa shape index (κ1) is 18.9. The van der Waals surface area contributed by atoms with E-state index in [1.165, 1.54) is 6.33 Å². The zero-order chi connectivity index (χ0) is 19.8. The maximum Gasteiger partial charge on any atom is 0.229 e. The van der Waals surface area contributed by atoms with E-state index in [9.17, 15) is 8.42 Å². The molecule has 0 aliphatic rings. The number of hydrogen-bond donors (Lipinski definition) is 3. The molecule has 0 bridgehead atoms. The SMILES string of the molecule is CC(C)(C)c1cc(N)cc2c(Nc3ccc(NS(C)(=O)=O)cc3)ncnc12. The summed E-state index contributed by atoms with van der Waals surface area (Å²) >= 11 is 0. The van der Waals surface area contributed by atoms with E-state index in [0.717, 1.165) is 28.4 Å². The van der Waals surface area contributed by atoms with E-state index >= 15 is 0 Å². The number of nitrogens with one attached hydrogen (secondary N) is 2. The smallest absolute Gasteiger partial charge is 0.229 e. The summed E-state index contributed by atoms with van der Waals surface area (Å²) in [5, 5.41) is 4.09. The van der Waals surface area contributed by atoms with Gasteiger partial charge in [-0.05, 0) is 47.4 Å². The van der Waals surface area contributed by atoms with Gasteiger partial charge >= 0.3 is 0 Å². The zero-order valence-electron chi connectivity index (χ0n) is 15.7. The molecule has 142 valence electrons. The van der Waals surface area contributed by atoms with Crippen molar-refractivity contribution in [2.75, 3.05) is 22.0 Å². The summed E-state index contributed by atoms with van der Waals surface area (Å²) in [7, 11) is -3.31. The van der Waals surface area contributed by atoms with Gasteiger partial charge in [0.25, 0.3) is 0 Å². The highest BCUT2D eigenvalue weighted by atomic mass is 32.2. The van der Waals surface area contributed by atoms with Gasteiger partial charge < -0.3 is 11.1 Å². The van der Waals surface area contributed by atoms with Crippen LogP contribution in [0.5, 0.6) is 0 Å². The zero-order valence-corrected chi connectivity index (χ0v) is 16.6. The standard InChI is InChI=1S/C19H23N5O2S/c1-19(2,3)16-10-12(20)9-15-17(16)21-11-22-18(15)23-13-5-7-14(8-6-13)24-27(4,25)26/h5-11,24H,20H2,1-4H3,(H,21,22,23). The van der Waals surface area contributed by atoms with E-state index in [2.05, 4.69) is 40.8 Å². The van der Waals surface area contributed by atoms with Gasteiger partial charge in [-0.25, -0.2) is 18.4 Å². The van der Waals surface area contributed by atoms with Gasteiger partial charge in [0.05, 0.1) is 11.8 Å². The Hall–Kier alpha value is -2.87. The molecule has 3 rings (SSSR count). The van der Waals surface area contributed by atoms with Gasteiger partial charge in [0.2, 0.25) is 10.0 Å². The van der Waals surface area contributed by atoms with Crippen LogP contribution in [0.4, 0.5) is 22.9 Å². The van der Waals surface area contributed by atoms with Gasteiger partial charge in [-0.2, -0.15) is 0 Å². The summed E-state index contributed by atoms with van der Waals surface area (Å²) in [6, 6.07) is 10.7. The average molecular weight is 385 g/mol. The Morgan fingerprint density at radius 1 is 1.00 bits per heavy atom. The summed E-state index contributed by atoms with van der Waals surface area (Å²) in [4.78, 5) is 8.82. The minimum Gasteiger partial charge on any atom is -0.399 e. The van der Waals surface area contributed by atoms with Crippen molar-refractivity contribution >= 4 is 43.8 Å². The maximum absolute atomic E-state index is 11.3. The molecule has 1 aromatic heterocycles. The molecule has 27 heavy (non-hydrogen) atoms. The highest BCUT2D eigenvalue weighted by Gasteiger charge is 2.20. The van der Waals surface area contributed by atoms with Crippen LogP contribution in [0.1, 0.15) is 26.3 Å². The average Bonchev–Trinajstić information content (AvgIpc) is 2.54. The lowest BCUT2D eigenvalue weighted by atomic mass is 9.85. The molecule has 0 radical (unpaired) electrons. The van der Waals surface area contributed by atoms with E-state index in [1.807, 2.05) is 12.1 Å². The van der Waals surface area contributed by atoms with E-state index in [4.69, 9.17) is 5.73 Å². The van der Waals surface area contributed by atoms with Crippen molar-refractivity contribution in [3.8, 4) is 0 Å². The molecule has 2 aromatic carbocycles. The quantitative estimate of drug-likeness (QED) is 0.592. The maximum atomic E-state index is 11.3. The first-order chi connectivity index (χ1) is 12.5. The van der Waals surface area contributed by atoms with Crippen molar-refractivity contribution in [2.24, 2.45) is 0 Å². The molecule has 1 heterocycles. The van der Waals surface area contributed by atoms with Gasteiger partial charge in [0, 0.05) is 22.4 Å². The number of fused-ring (bicyclic) bond motifs is 1. The van der Waals surface area contributed by atoms with Gasteiger partial charge in [0.15, 0.2) is 0 Å². The van der Waals surface area contributed by atoms with Crippen molar-refractivity contribution in [1.29, 1.82) is 0 Å². The molecule has 0 aliphatic heterocycles. The van der Waals surface area contributed by atoms with Gasteiger partial charge in [0.1, 0.15) is 12.1 Å². The first-order valence-corrected chi connectivity index (χ1v) is 10.3. The molecule has 0 fully saturated rings. The van der Waals surface area contributed by atoms with Crippen molar-refractivity contribution in [3.05, 3.63) is 48.3 Å². The minimum atomic E-state index is -3.31. The molecular formula is C19H23N5O2S. The monoisotopic (exact) mass is 385 g/mol. The second-order valence-electron chi connectivity index (χ2n) is 7.51. The summed E-state index contributed by atoms with van der Waals surface area (Å²) in [6.07, 6.45) is 2.64. The predicted octanol–water partition coefficient (Wildman–Crippen LogP) is 3.62. The van der Waals surface area contributed by atoms with Crippen LogP contribution in [0.2, 0.25) is 0 Å². The largest absolute Gasteiger partial charge is 0.399 e. The second-order valence-corrected chi connectivity index (χ2v) is 9.26. The second kappa shape index (κ2) is 6.70. The van der Waals surface area contributed by atoms with E-state index in [0.29, 0.717) is 17.2 Å². The Labute approximate surface area is 159 Å². The molecule has 0 atom stereocenters.